The lowest BCUT2D eigenvalue weighted by Crippen LogP contribution is -2.65. The van der Waals surface area contributed by atoms with Gasteiger partial charge in [-0.3, -0.25) is 9.78 Å². The third kappa shape index (κ3) is 2.40. The first-order chi connectivity index (χ1) is 13.4. The molecule has 1 amide bonds. The van der Waals surface area contributed by atoms with Crippen LogP contribution in [0.1, 0.15) is 50.8 Å². The molecule has 2 heterocycles. The van der Waals surface area contributed by atoms with Crippen molar-refractivity contribution < 1.29 is 9.21 Å². The van der Waals surface area contributed by atoms with Crippen molar-refractivity contribution in [3.8, 4) is 11.3 Å². The van der Waals surface area contributed by atoms with Crippen LogP contribution in [0.3, 0.4) is 0 Å². The molecule has 4 fully saturated rings. The second kappa shape index (κ2) is 5.32. The number of fused-ring (bicyclic) bond motifs is 1. The Kier molecular flexibility index (Phi) is 3.13. The number of nitrogens with one attached hydrogen (secondary N) is 1. The van der Waals surface area contributed by atoms with Crippen molar-refractivity contribution in [3.63, 3.8) is 0 Å². The zero-order valence-corrected chi connectivity index (χ0v) is 16.2. The summed E-state index contributed by atoms with van der Waals surface area (Å²) in [6.45, 7) is 2.24. The number of anilines is 1. The number of nitrogens with zero attached hydrogens (tertiary/aromatic N) is 3. The van der Waals surface area contributed by atoms with Gasteiger partial charge >= 0.3 is 0 Å². The minimum absolute atomic E-state index is 0.0620. The first-order valence-electron chi connectivity index (χ1n) is 9.67. The highest BCUT2D eigenvalue weighted by molar-refractivity contribution is 6.34. The number of oxazole rings is 1. The molecule has 0 unspecified atom stereocenters. The number of carbonyl (C=O) groups is 1. The standard InChI is InChI=1S/C21H19ClN4O2/c1-20-8-21(9-20,10-20)19(27)26-17-7-23-15(6-24-17)12-4-16-14(5-13(12)22)25-18(28-16)11-2-3-11/h4-7,11H,2-3,8-10H2,1H3,(H,24,26,27). The first-order valence-corrected chi connectivity index (χ1v) is 10.0. The monoisotopic (exact) mass is 394 g/mol. The quantitative estimate of drug-likeness (QED) is 0.677. The predicted octanol–water partition coefficient (Wildman–Crippen LogP) is 4.94. The topological polar surface area (TPSA) is 80.9 Å². The molecule has 28 heavy (non-hydrogen) atoms. The highest BCUT2D eigenvalue weighted by Crippen LogP contribution is 2.73. The average molecular weight is 395 g/mol. The van der Waals surface area contributed by atoms with Crippen molar-refractivity contribution >= 4 is 34.4 Å². The van der Waals surface area contributed by atoms with Gasteiger partial charge in [-0.05, 0) is 49.7 Å². The van der Waals surface area contributed by atoms with Crippen molar-refractivity contribution in [2.75, 3.05) is 5.32 Å². The van der Waals surface area contributed by atoms with E-state index in [-0.39, 0.29) is 11.3 Å². The van der Waals surface area contributed by atoms with Crippen LogP contribution in [0.5, 0.6) is 0 Å². The minimum atomic E-state index is -0.172. The molecule has 0 aliphatic heterocycles. The van der Waals surface area contributed by atoms with Gasteiger partial charge < -0.3 is 9.73 Å². The Labute approximate surface area is 166 Å². The van der Waals surface area contributed by atoms with E-state index in [2.05, 4.69) is 27.2 Å². The molecule has 142 valence electrons. The Morgan fingerprint density at radius 2 is 2.00 bits per heavy atom. The fourth-order valence-electron chi connectivity index (χ4n) is 4.98. The van der Waals surface area contributed by atoms with Gasteiger partial charge in [0.2, 0.25) is 5.91 Å². The van der Waals surface area contributed by atoms with E-state index in [0.29, 0.717) is 33.5 Å². The number of hydrogen-bond donors (Lipinski definition) is 1. The Balaban J connectivity index is 1.24. The van der Waals surface area contributed by atoms with E-state index in [1.165, 1.54) is 0 Å². The lowest BCUT2D eigenvalue weighted by Gasteiger charge is -2.68. The third-order valence-electron chi connectivity index (χ3n) is 6.37. The van der Waals surface area contributed by atoms with Crippen molar-refractivity contribution in [1.29, 1.82) is 0 Å². The summed E-state index contributed by atoms with van der Waals surface area (Å²) >= 11 is 6.45. The smallest absolute Gasteiger partial charge is 0.231 e. The fourth-order valence-corrected chi connectivity index (χ4v) is 5.24. The maximum Gasteiger partial charge on any atom is 0.231 e. The van der Waals surface area contributed by atoms with Crippen molar-refractivity contribution in [2.24, 2.45) is 10.8 Å². The number of benzene rings is 1. The van der Waals surface area contributed by atoms with Crippen LogP contribution < -0.4 is 5.32 Å². The van der Waals surface area contributed by atoms with Crippen LogP contribution in [0, 0.1) is 10.8 Å². The van der Waals surface area contributed by atoms with Crippen LogP contribution in [-0.4, -0.2) is 20.9 Å². The van der Waals surface area contributed by atoms with E-state index >= 15 is 0 Å². The first kappa shape index (κ1) is 16.5. The lowest BCUT2D eigenvalue weighted by atomic mass is 9.35. The number of amides is 1. The summed E-state index contributed by atoms with van der Waals surface area (Å²) in [5.74, 6) is 1.76. The lowest BCUT2D eigenvalue weighted by molar-refractivity contribution is -0.194. The molecule has 2 bridgehead atoms. The highest BCUT2D eigenvalue weighted by atomic mass is 35.5. The third-order valence-corrected chi connectivity index (χ3v) is 6.68. The molecule has 2 aromatic heterocycles. The number of rotatable bonds is 4. The molecule has 0 radical (unpaired) electrons. The SMILES string of the molecule is CC12CC(C(=O)Nc3cnc(-c4cc5oc(C6CC6)nc5cc4Cl)cn3)(C1)C2. The normalized spacial score (nSPS) is 27.9. The average Bonchev–Trinajstić information content (AvgIpc) is 3.39. The Morgan fingerprint density at radius 1 is 1.21 bits per heavy atom. The molecule has 3 aromatic rings. The zero-order valence-electron chi connectivity index (χ0n) is 15.5. The maximum atomic E-state index is 12.5. The van der Waals surface area contributed by atoms with Crippen LogP contribution in [0.2, 0.25) is 5.02 Å². The number of hydrogen-bond acceptors (Lipinski definition) is 5. The molecular formula is C21H19ClN4O2. The highest BCUT2D eigenvalue weighted by Gasteiger charge is 2.68. The summed E-state index contributed by atoms with van der Waals surface area (Å²) in [7, 11) is 0. The molecule has 4 saturated carbocycles. The molecular weight excluding hydrogens is 376 g/mol. The predicted molar refractivity (Wildman–Crippen MR) is 105 cm³/mol. The van der Waals surface area contributed by atoms with E-state index < -0.39 is 0 Å². The van der Waals surface area contributed by atoms with Crippen LogP contribution in [0.4, 0.5) is 5.82 Å². The molecule has 6 nitrogen and oxygen atoms in total. The maximum absolute atomic E-state index is 12.5. The second-order valence-electron chi connectivity index (χ2n) is 8.99. The van der Waals surface area contributed by atoms with Gasteiger partial charge in [-0.1, -0.05) is 18.5 Å². The van der Waals surface area contributed by atoms with Crippen molar-refractivity contribution in [3.05, 3.63) is 35.4 Å². The Bertz CT molecular complexity index is 1110. The van der Waals surface area contributed by atoms with Gasteiger partial charge in [0.15, 0.2) is 17.3 Å². The second-order valence-corrected chi connectivity index (χ2v) is 9.40. The molecule has 4 aliphatic carbocycles. The van der Waals surface area contributed by atoms with E-state index in [0.717, 1.165) is 49.1 Å². The van der Waals surface area contributed by atoms with Gasteiger partial charge in [0.25, 0.3) is 0 Å². The van der Waals surface area contributed by atoms with Gasteiger partial charge in [-0.15, -0.1) is 0 Å². The van der Waals surface area contributed by atoms with Crippen LogP contribution in [0.25, 0.3) is 22.4 Å². The molecule has 1 aromatic carbocycles. The van der Waals surface area contributed by atoms with E-state index in [4.69, 9.17) is 16.0 Å². The molecule has 7 rings (SSSR count). The molecule has 0 saturated heterocycles. The molecule has 4 aliphatic rings. The summed E-state index contributed by atoms with van der Waals surface area (Å²) in [5.41, 5.74) is 3.06. The Morgan fingerprint density at radius 3 is 2.64 bits per heavy atom. The summed E-state index contributed by atoms with van der Waals surface area (Å²) in [5, 5.41) is 3.46. The fraction of sp³-hybridized carbons (Fsp3) is 0.429. The van der Waals surface area contributed by atoms with E-state index in [1.54, 1.807) is 12.4 Å². The van der Waals surface area contributed by atoms with Gasteiger partial charge in [0.1, 0.15) is 5.52 Å². The molecule has 1 N–H and O–H groups in total. The van der Waals surface area contributed by atoms with Gasteiger partial charge in [-0.25, -0.2) is 9.97 Å². The van der Waals surface area contributed by atoms with Crippen LogP contribution in [0.15, 0.2) is 28.9 Å². The molecule has 0 spiro atoms. The van der Waals surface area contributed by atoms with Gasteiger partial charge in [0.05, 0.1) is 28.5 Å². The van der Waals surface area contributed by atoms with Gasteiger partial charge in [-0.2, -0.15) is 0 Å². The summed E-state index contributed by atoms with van der Waals surface area (Å²) < 4.78 is 5.88. The summed E-state index contributed by atoms with van der Waals surface area (Å²) in [6, 6.07) is 3.67. The number of aromatic nitrogens is 3. The summed E-state index contributed by atoms with van der Waals surface area (Å²) in [4.78, 5) is 25.8. The number of carbonyl (C=O) groups excluding carboxylic acids is 1. The minimum Gasteiger partial charge on any atom is -0.440 e. The van der Waals surface area contributed by atoms with E-state index in [1.807, 2.05) is 12.1 Å². The Hall–Kier alpha value is -2.47. The van der Waals surface area contributed by atoms with Crippen molar-refractivity contribution in [1.82, 2.24) is 15.0 Å². The van der Waals surface area contributed by atoms with Crippen LogP contribution >= 0.6 is 11.6 Å². The van der Waals surface area contributed by atoms with E-state index in [9.17, 15) is 4.79 Å². The van der Waals surface area contributed by atoms with Gasteiger partial charge in [0, 0.05) is 11.5 Å². The molecule has 0 atom stereocenters. The molecule has 7 heteroatoms. The number of halogens is 1. The van der Waals surface area contributed by atoms with Crippen LogP contribution in [-0.2, 0) is 4.79 Å². The zero-order chi connectivity index (χ0) is 19.1. The largest absolute Gasteiger partial charge is 0.440 e. The summed E-state index contributed by atoms with van der Waals surface area (Å²) in [6.07, 6.45) is 8.41. The van der Waals surface area contributed by atoms with Crippen molar-refractivity contribution in [2.45, 2.75) is 44.9 Å².